The topological polar surface area (TPSA) is 99.0 Å². The van der Waals surface area contributed by atoms with Crippen molar-refractivity contribution < 1.29 is 24.1 Å². The molecule has 3 aromatic carbocycles. The molecule has 0 unspecified atom stereocenters. The fourth-order valence-electron chi connectivity index (χ4n) is 2.92. The van der Waals surface area contributed by atoms with Crippen molar-refractivity contribution >= 4 is 29.1 Å². The molecule has 33 heavy (non-hydrogen) atoms. The molecule has 0 aliphatic carbocycles. The van der Waals surface area contributed by atoms with Crippen LogP contribution in [0, 0.1) is 10.1 Å². The van der Waals surface area contributed by atoms with E-state index >= 15 is 0 Å². The zero-order chi connectivity index (χ0) is 23.6. The number of carbonyl (C=O) groups is 2. The predicted octanol–water partition coefficient (Wildman–Crippen LogP) is 4.85. The first-order valence-corrected chi connectivity index (χ1v) is 10.1. The van der Waals surface area contributed by atoms with Gasteiger partial charge in [0, 0.05) is 30.2 Å². The Bertz CT molecular complexity index is 1130. The lowest BCUT2D eigenvalue weighted by Gasteiger charge is -2.20. The van der Waals surface area contributed by atoms with Gasteiger partial charge >= 0.3 is 0 Å². The van der Waals surface area contributed by atoms with Crippen LogP contribution in [0.25, 0.3) is 6.08 Å². The van der Waals surface area contributed by atoms with Gasteiger partial charge in [0.1, 0.15) is 5.75 Å². The van der Waals surface area contributed by atoms with Crippen molar-refractivity contribution in [3.05, 3.63) is 106 Å². The fraction of sp³-hybridized carbons (Fsp3) is 0.120. The minimum atomic E-state index is -0.491. The number of benzene rings is 3. The lowest BCUT2D eigenvalue weighted by molar-refractivity contribution is -0.384. The van der Waals surface area contributed by atoms with E-state index in [1.54, 1.807) is 60.7 Å². The van der Waals surface area contributed by atoms with Crippen LogP contribution >= 0.6 is 0 Å². The molecule has 0 radical (unpaired) electrons. The zero-order valence-corrected chi connectivity index (χ0v) is 17.9. The van der Waals surface area contributed by atoms with Gasteiger partial charge in [-0.3, -0.25) is 24.5 Å². The average Bonchev–Trinajstić information content (AvgIpc) is 2.86. The standard InChI is InChI=1S/C25H22N2O6/c1-32-23-14-12-21(13-15-23)26(33-18-17-24(28)20-5-3-2-4-6-20)25(29)16-9-19-7-10-22(11-8-19)27(30)31/h2-16H,17-18H2,1H3/b16-9+. The van der Waals surface area contributed by atoms with Crippen LogP contribution in [0.2, 0.25) is 0 Å². The number of non-ortho nitro benzene ring substituents is 1. The van der Waals surface area contributed by atoms with E-state index < -0.39 is 10.8 Å². The van der Waals surface area contributed by atoms with Crippen LogP contribution in [-0.4, -0.2) is 30.3 Å². The summed E-state index contributed by atoms with van der Waals surface area (Å²) in [7, 11) is 1.54. The summed E-state index contributed by atoms with van der Waals surface area (Å²) in [5, 5.41) is 11.9. The molecule has 0 heterocycles. The van der Waals surface area contributed by atoms with Crippen LogP contribution in [0.1, 0.15) is 22.3 Å². The van der Waals surface area contributed by atoms with Crippen LogP contribution < -0.4 is 9.80 Å². The number of carbonyl (C=O) groups excluding carboxylic acids is 2. The molecule has 0 N–H and O–H groups in total. The lowest BCUT2D eigenvalue weighted by Crippen LogP contribution is -2.30. The van der Waals surface area contributed by atoms with E-state index in [4.69, 9.17) is 9.57 Å². The molecule has 0 spiro atoms. The van der Waals surface area contributed by atoms with Crippen molar-refractivity contribution in [2.75, 3.05) is 18.8 Å². The Labute approximate surface area is 190 Å². The van der Waals surface area contributed by atoms with Gasteiger partial charge in [0.15, 0.2) is 5.78 Å². The first kappa shape index (κ1) is 23.4. The maximum atomic E-state index is 12.9. The highest BCUT2D eigenvalue weighted by Gasteiger charge is 2.16. The Kier molecular flexibility index (Phi) is 8.04. The normalized spacial score (nSPS) is 10.7. The quantitative estimate of drug-likeness (QED) is 0.191. The molecule has 0 saturated carbocycles. The van der Waals surface area contributed by atoms with Gasteiger partial charge in [-0.1, -0.05) is 30.3 Å². The van der Waals surface area contributed by atoms with Gasteiger partial charge in [-0.15, -0.1) is 0 Å². The van der Waals surface area contributed by atoms with Crippen LogP contribution in [0.4, 0.5) is 11.4 Å². The van der Waals surface area contributed by atoms with Crippen molar-refractivity contribution in [3.63, 3.8) is 0 Å². The fourth-order valence-corrected chi connectivity index (χ4v) is 2.92. The molecule has 8 heteroatoms. The van der Waals surface area contributed by atoms with E-state index in [1.165, 1.54) is 31.4 Å². The summed E-state index contributed by atoms with van der Waals surface area (Å²) in [6.07, 6.45) is 2.92. The number of hydrogen-bond donors (Lipinski definition) is 0. The molecule has 0 bridgehead atoms. The summed E-state index contributed by atoms with van der Waals surface area (Å²) >= 11 is 0. The molecule has 168 valence electrons. The number of nitro groups is 1. The smallest absolute Gasteiger partial charge is 0.274 e. The summed E-state index contributed by atoms with van der Waals surface area (Å²) in [6.45, 7) is -0.00311. The summed E-state index contributed by atoms with van der Waals surface area (Å²) in [5.41, 5.74) is 1.61. The minimum Gasteiger partial charge on any atom is -0.497 e. The lowest BCUT2D eigenvalue weighted by atomic mass is 10.1. The number of ketones is 1. The number of amides is 1. The molecular formula is C25H22N2O6. The van der Waals surface area contributed by atoms with Gasteiger partial charge in [-0.05, 0) is 48.0 Å². The van der Waals surface area contributed by atoms with Gasteiger partial charge in [0.05, 0.1) is 24.3 Å². The summed E-state index contributed by atoms with van der Waals surface area (Å²) in [6, 6.07) is 21.3. The van der Waals surface area contributed by atoms with E-state index in [1.807, 2.05) is 6.07 Å². The number of nitro benzene ring substituents is 1. The maximum absolute atomic E-state index is 12.9. The Morgan fingerprint density at radius 1 is 0.970 bits per heavy atom. The van der Waals surface area contributed by atoms with Crippen LogP contribution in [0.5, 0.6) is 5.75 Å². The third-order valence-corrected chi connectivity index (χ3v) is 4.67. The predicted molar refractivity (Wildman–Crippen MR) is 124 cm³/mol. The van der Waals surface area contributed by atoms with Gasteiger partial charge in [0.25, 0.3) is 11.6 Å². The number of hydrogen-bond acceptors (Lipinski definition) is 6. The SMILES string of the molecule is COc1ccc(N(OCCC(=O)c2ccccc2)C(=O)/C=C/c2ccc([N+](=O)[O-])cc2)cc1. The monoisotopic (exact) mass is 446 g/mol. The second-order valence-corrected chi connectivity index (χ2v) is 6.89. The van der Waals surface area contributed by atoms with Gasteiger partial charge in [-0.25, -0.2) is 0 Å². The van der Waals surface area contributed by atoms with Crippen molar-refractivity contribution in [1.82, 2.24) is 0 Å². The van der Waals surface area contributed by atoms with E-state index in [-0.39, 0.29) is 24.5 Å². The van der Waals surface area contributed by atoms with E-state index in [0.717, 1.165) is 5.06 Å². The number of rotatable bonds is 10. The molecular weight excluding hydrogens is 424 g/mol. The molecule has 0 aliphatic rings. The Morgan fingerprint density at radius 3 is 2.24 bits per heavy atom. The van der Waals surface area contributed by atoms with Crippen LogP contribution in [-0.2, 0) is 9.63 Å². The molecule has 0 atom stereocenters. The summed E-state index contributed by atoms with van der Waals surface area (Å²) in [5.74, 6) is 0.0386. The number of ether oxygens (including phenoxy) is 1. The molecule has 0 fully saturated rings. The Balaban J connectivity index is 1.72. The van der Waals surface area contributed by atoms with E-state index in [2.05, 4.69) is 0 Å². The van der Waals surface area contributed by atoms with Gasteiger partial charge in [0.2, 0.25) is 0 Å². The van der Waals surface area contributed by atoms with E-state index in [0.29, 0.717) is 22.6 Å². The molecule has 3 aromatic rings. The summed E-state index contributed by atoms with van der Waals surface area (Å²) < 4.78 is 5.15. The van der Waals surface area contributed by atoms with Gasteiger partial charge in [-0.2, -0.15) is 5.06 Å². The largest absolute Gasteiger partial charge is 0.497 e. The first-order chi connectivity index (χ1) is 16.0. The highest BCUT2D eigenvalue weighted by molar-refractivity contribution is 6.02. The van der Waals surface area contributed by atoms with Crippen LogP contribution in [0.3, 0.4) is 0 Å². The van der Waals surface area contributed by atoms with Crippen LogP contribution in [0.15, 0.2) is 84.9 Å². The number of Topliss-reactive ketones (excluding diaryl/α,β-unsaturated/α-hetero) is 1. The first-order valence-electron chi connectivity index (χ1n) is 10.1. The Morgan fingerprint density at radius 2 is 1.64 bits per heavy atom. The van der Waals surface area contributed by atoms with E-state index in [9.17, 15) is 19.7 Å². The number of hydroxylamine groups is 1. The highest BCUT2D eigenvalue weighted by atomic mass is 16.7. The maximum Gasteiger partial charge on any atom is 0.274 e. The van der Waals surface area contributed by atoms with Crippen molar-refractivity contribution in [2.45, 2.75) is 6.42 Å². The van der Waals surface area contributed by atoms with Gasteiger partial charge < -0.3 is 4.74 Å². The molecule has 0 aliphatic heterocycles. The third-order valence-electron chi connectivity index (χ3n) is 4.67. The third kappa shape index (κ3) is 6.59. The summed E-state index contributed by atoms with van der Waals surface area (Å²) in [4.78, 5) is 41.2. The highest BCUT2D eigenvalue weighted by Crippen LogP contribution is 2.21. The number of anilines is 1. The number of nitrogens with zero attached hydrogens (tertiary/aromatic N) is 2. The minimum absolute atomic E-state index is 0.00311. The van der Waals surface area contributed by atoms with Crippen molar-refractivity contribution in [1.29, 1.82) is 0 Å². The molecule has 3 rings (SSSR count). The molecule has 0 saturated heterocycles. The average molecular weight is 446 g/mol. The second kappa shape index (κ2) is 11.4. The number of methoxy groups -OCH3 is 1. The Hall–Kier alpha value is -4.30. The molecule has 1 amide bonds. The zero-order valence-electron chi connectivity index (χ0n) is 17.9. The molecule has 8 nitrogen and oxygen atoms in total. The van der Waals surface area contributed by atoms with Crippen molar-refractivity contribution in [3.8, 4) is 5.75 Å². The van der Waals surface area contributed by atoms with Crippen molar-refractivity contribution in [2.24, 2.45) is 0 Å². The second-order valence-electron chi connectivity index (χ2n) is 6.89. The molecule has 0 aromatic heterocycles.